The molecule has 88 valence electrons. The molecule has 0 saturated carbocycles. The van der Waals surface area contributed by atoms with Crippen molar-refractivity contribution in [3.63, 3.8) is 0 Å². The Balaban J connectivity index is 2.32. The standard InChI is InChI=1S/C15H13N3/c1-2-12(14-7-3-5-9-17-14)11-13(16)15-8-4-6-10-18-15/h2-11,16H,1H2/b12-11+,16-13?. The molecule has 0 saturated heterocycles. The molecular formula is C15H13N3. The molecule has 0 unspecified atom stereocenters. The van der Waals surface area contributed by atoms with Gasteiger partial charge in [-0.1, -0.05) is 24.8 Å². The van der Waals surface area contributed by atoms with E-state index in [1.54, 1.807) is 30.6 Å². The SMILES string of the molecule is C=C/C(=C\C(=N)c1ccccn1)c1ccccn1. The monoisotopic (exact) mass is 235 g/mol. The molecule has 0 atom stereocenters. The van der Waals surface area contributed by atoms with Gasteiger partial charge in [0.1, 0.15) is 0 Å². The third-order valence-corrected chi connectivity index (χ3v) is 2.42. The molecule has 0 spiro atoms. The lowest BCUT2D eigenvalue weighted by atomic mass is 10.1. The van der Waals surface area contributed by atoms with Crippen LogP contribution in [0.3, 0.4) is 0 Å². The van der Waals surface area contributed by atoms with Crippen molar-refractivity contribution >= 4 is 11.3 Å². The summed E-state index contributed by atoms with van der Waals surface area (Å²) in [6, 6.07) is 11.1. The number of allylic oxidation sites excluding steroid dienone is 3. The zero-order valence-electron chi connectivity index (χ0n) is 9.88. The first-order valence-corrected chi connectivity index (χ1v) is 5.57. The van der Waals surface area contributed by atoms with E-state index in [-0.39, 0.29) is 0 Å². The van der Waals surface area contributed by atoms with Crippen LogP contribution in [-0.4, -0.2) is 15.7 Å². The maximum atomic E-state index is 8.00. The minimum Gasteiger partial charge on any atom is -0.299 e. The van der Waals surface area contributed by atoms with Gasteiger partial charge >= 0.3 is 0 Å². The van der Waals surface area contributed by atoms with Gasteiger partial charge in [-0.05, 0) is 30.3 Å². The zero-order chi connectivity index (χ0) is 12.8. The highest BCUT2D eigenvalue weighted by Crippen LogP contribution is 2.13. The maximum Gasteiger partial charge on any atom is 0.0879 e. The third-order valence-electron chi connectivity index (χ3n) is 2.42. The third kappa shape index (κ3) is 2.77. The minimum absolute atomic E-state index is 0.344. The first kappa shape index (κ1) is 11.9. The Kier molecular flexibility index (Phi) is 3.76. The van der Waals surface area contributed by atoms with E-state index in [4.69, 9.17) is 5.41 Å². The molecule has 0 bridgehead atoms. The summed E-state index contributed by atoms with van der Waals surface area (Å²) in [5.74, 6) is 0. The van der Waals surface area contributed by atoms with Crippen molar-refractivity contribution < 1.29 is 0 Å². The second-order valence-corrected chi connectivity index (χ2v) is 3.65. The Morgan fingerprint density at radius 2 is 1.61 bits per heavy atom. The Bertz CT molecular complexity index is 571. The quantitative estimate of drug-likeness (QED) is 0.654. The first-order valence-electron chi connectivity index (χ1n) is 5.57. The van der Waals surface area contributed by atoms with E-state index in [1.165, 1.54) is 0 Å². The van der Waals surface area contributed by atoms with Gasteiger partial charge in [0.2, 0.25) is 0 Å². The van der Waals surface area contributed by atoms with E-state index in [0.29, 0.717) is 11.4 Å². The number of hydrogen-bond acceptors (Lipinski definition) is 3. The summed E-state index contributed by atoms with van der Waals surface area (Å²) in [7, 11) is 0. The van der Waals surface area contributed by atoms with Gasteiger partial charge in [0, 0.05) is 18.0 Å². The number of nitrogens with zero attached hydrogens (tertiary/aromatic N) is 2. The lowest BCUT2D eigenvalue weighted by Crippen LogP contribution is -1.99. The van der Waals surface area contributed by atoms with Gasteiger partial charge in [-0.15, -0.1) is 0 Å². The summed E-state index contributed by atoms with van der Waals surface area (Å²) >= 11 is 0. The van der Waals surface area contributed by atoms with Crippen LogP contribution >= 0.6 is 0 Å². The van der Waals surface area contributed by atoms with Gasteiger partial charge in [-0.2, -0.15) is 0 Å². The molecule has 3 nitrogen and oxygen atoms in total. The van der Waals surface area contributed by atoms with Crippen LogP contribution in [0, 0.1) is 5.41 Å². The second-order valence-electron chi connectivity index (χ2n) is 3.65. The average Bonchev–Trinajstić information content (AvgIpc) is 2.46. The van der Waals surface area contributed by atoms with Gasteiger partial charge in [-0.25, -0.2) is 0 Å². The Hall–Kier alpha value is -2.55. The smallest absolute Gasteiger partial charge is 0.0879 e. The van der Waals surface area contributed by atoms with Crippen molar-refractivity contribution in [1.82, 2.24) is 9.97 Å². The predicted octanol–water partition coefficient (Wildman–Crippen LogP) is 3.11. The number of pyridine rings is 2. The molecule has 0 radical (unpaired) electrons. The highest BCUT2D eigenvalue weighted by Gasteiger charge is 2.02. The number of aromatic nitrogens is 2. The molecule has 2 rings (SSSR count). The van der Waals surface area contributed by atoms with Crippen LogP contribution < -0.4 is 0 Å². The van der Waals surface area contributed by atoms with Crippen LogP contribution in [0.2, 0.25) is 0 Å². The van der Waals surface area contributed by atoms with Crippen LogP contribution in [0.25, 0.3) is 5.57 Å². The zero-order valence-corrected chi connectivity index (χ0v) is 9.88. The number of rotatable bonds is 4. The molecule has 0 aliphatic rings. The van der Waals surface area contributed by atoms with Gasteiger partial charge in [0.25, 0.3) is 0 Å². The lowest BCUT2D eigenvalue weighted by Gasteiger charge is -2.02. The minimum atomic E-state index is 0.344. The maximum absolute atomic E-state index is 8.00. The van der Waals surface area contributed by atoms with Crippen molar-refractivity contribution in [1.29, 1.82) is 5.41 Å². The van der Waals surface area contributed by atoms with Crippen molar-refractivity contribution in [3.8, 4) is 0 Å². The van der Waals surface area contributed by atoms with Crippen molar-refractivity contribution in [2.24, 2.45) is 0 Å². The molecule has 2 aromatic heterocycles. The Morgan fingerprint density at radius 1 is 1.00 bits per heavy atom. The van der Waals surface area contributed by atoms with Gasteiger partial charge in [0.15, 0.2) is 0 Å². The summed E-state index contributed by atoms with van der Waals surface area (Å²) in [6.45, 7) is 3.76. The van der Waals surface area contributed by atoms with Crippen LogP contribution in [0.4, 0.5) is 0 Å². The average molecular weight is 235 g/mol. The van der Waals surface area contributed by atoms with Crippen molar-refractivity contribution in [2.75, 3.05) is 0 Å². The first-order chi connectivity index (χ1) is 8.81. The fraction of sp³-hybridized carbons (Fsp3) is 0. The van der Waals surface area contributed by atoms with Crippen molar-refractivity contribution in [2.45, 2.75) is 0 Å². The Labute approximate surface area is 106 Å². The van der Waals surface area contributed by atoms with E-state index in [1.807, 2.05) is 30.3 Å². The normalized spacial score (nSPS) is 11.0. The van der Waals surface area contributed by atoms with E-state index >= 15 is 0 Å². The molecule has 0 aliphatic carbocycles. The van der Waals surface area contributed by atoms with Crippen LogP contribution in [0.1, 0.15) is 11.4 Å². The fourth-order valence-corrected chi connectivity index (χ4v) is 1.52. The largest absolute Gasteiger partial charge is 0.299 e. The van der Waals surface area contributed by atoms with Gasteiger partial charge in [0.05, 0.1) is 17.1 Å². The van der Waals surface area contributed by atoms with E-state index in [0.717, 1.165) is 11.3 Å². The Morgan fingerprint density at radius 3 is 2.11 bits per heavy atom. The highest BCUT2D eigenvalue weighted by molar-refractivity contribution is 6.09. The van der Waals surface area contributed by atoms with Crippen LogP contribution in [0.15, 0.2) is 67.5 Å². The van der Waals surface area contributed by atoms with Gasteiger partial charge in [-0.3, -0.25) is 15.4 Å². The summed E-state index contributed by atoms with van der Waals surface area (Å²) in [4.78, 5) is 8.38. The van der Waals surface area contributed by atoms with E-state index < -0.39 is 0 Å². The molecule has 1 N–H and O–H groups in total. The van der Waals surface area contributed by atoms with Gasteiger partial charge < -0.3 is 0 Å². The fourth-order valence-electron chi connectivity index (χ4n) is 1.52. The lowest BCUT2D eigenvalue weighted by molar-refractivity contribution is 1.27. The number of hydrogen-bond donors (Lipinski definition) is 1. The molecule has 0 fully saturated rings. The molecular weight excluding hydrogens is 222 g/mol. The summed E-state index contributed by atoms with van der Waals surface area (Å²) in [6.07, 6.45) is 6.81. The number of nitrogens with one attached hydrogen (secondary N) is 1. The summed E-state index contributed by atoms with van der Waals surface area (Å²) < 4.78 is 0. The topological polar surface area (TPSA) is 49.6 Å². The molecule has 0 amide bonds. The summed E-state index contributed by atoms with van der Waals surface area (Å²) in [5.41, 5.74) is 2.59. The van der Waals surface area contributed by atoms with Crippen molar-refractivity contribution in [3.05, 3.63) is 78.9 Å². The second kappa shape index (κ2) is 5.68. The highest BCUT2D eigenvalue weighted by atomic mass is 14.7. The molecule has 2 heterocycles. The van der Waals surface area contributed by atoms with Crippen LogP contribution in [0.5, 0.6) is 0 Å². The molecule has 0 aliphatic heterocycles. The summed E-state index contributed by atoms with van der Waals surface area (Å²) in [5, 5.41) is 8.00. The van der Waals surface area contributed by atoms with Crippen LogP contribution in [-0.2, 0) is 0 Å². The van der Waals surface area contributed by atoms with E-state index in [2.05, 4.69) is 16.5 Å². The predicted molar refractivity (Wildman–Crippen MR) is 73.5 cm³/mol. The molecule has 18 heavy (non-hydrogen) atoms. The molecule has 3 heteroatoms. The van der Waals surface area contributed by atoms with E-state index in [9.17, 15) is 0 Å². The molecule has 2 aromatic rings. The molecule has 0 aromatic carbocycles.